The van der Waals surface area contributed by atoms with Crippen LogP contribution in [-0.2, 0) is 4.79 Å². The van der Waals surface area contributed by atoms with E-state index in [1.807, 2.05) is 60.7 Å². The third-order valence-corrected chi connectivity index (χ3v) is 4.79. The molecule has 0 aliphatic carbocycles. The molecule has 0 N–H and O–H groups in total. The zero-order chi connectivity index (χ0) is 19.3. The molecule has 1 aliphatic heterocycles. The Hall–Kier alpha value is -3.72. The van der Waals surface area contributed by atoms with E-state index < -0.39 is 0 Å². The highest BCUT2D eigenvalue weighted by molar-refractivity contribution is 6.01. The van der Waals surface area contributed by atoms with E-state index in [1.54, 1.807) is 17.2 Å². The summed E-state index contributed by atoms with van der Waals surface area (Å²) in [6, 6.07) is 19.2. The average Bonchev–Trinajstić information content (AvgIpc) is 2.77. The number of aromatic nitrogens is 2. The van der Waals surface area contributed by atoms with Crippen LogP contribution < -0.4 is 4.90 Å². The molecule has 0 atom stereocenters. The van der Waals surface area contributed by atoms with E-state index in [2.05, 4.69) is 14.9 Å². The molecular weight excluding hydrogens is 350 g/mol. The number of nitrogens with zero attached hydrogens (tertiary/aromatic N) is 5. The predicted molar refractivity (Wildman–Crippen MR) is 108 cm³/mol. The number of carbonyl (C=O) groups is 1. The number of nitriles is 1. The third kappa shape index (κ3) is 3.69. The third-order valence-electron chi connectivity index (χ3n) is 4.79. The molecular formula is C22H19N5O. The Balaban J connectivity index is 1.45. The van der Waals surface area contributed by atoms with Crippen molar-refractivity contribution in [1.82, 2.24) is 14.9 Å². The van der Waals surface area contributed by atoms with Crippen molar-refractivity contribution in [2.75, 3.05) is 31.1 Å². The van der Waals surface area contributed by atoms with Crippen molar-refractivity contribution in [2.45, 2.75) is 0 Å². The van der Waals surface area contributed by atoms with Crippen LogP contribution in [0, 0.1) is 11.3 Å². The molecule has 3 aromatic rings. The van der Waals surface area contributed by atoms with Crippen molar-refractivity contribution in [3.05, 3.63) is 71.9 Å². The quantitative estimate of drug-likeness (QED) is 0.524. The number of amides is 1. The minimum absolute atomic E-state index is 0.158. The van der Waals surface area contributed by atoms with Crippen LogP contribution in [0.2, 0.25) is 0 Å². The number of benzene rings is 2. The van der Waals surface area contributed by atoms with Gasteiger partial charge in [-0.25, -0.2) is 4.98 Å². The van der Waals surface area contributed by atoms with Crippen LogP contribution in [0.25, 0.3) is 17.1 Å². The van der Waals surface area contributed by atoms with Crippen LogP contribution in [-0.4, -0.2) is 47.0 Å². The molecule has 2 heterocycles. The highest BCUT2D eigenvalue weighted by Gasteiger charge is 2.24. The molecule has 4 rings (SSSR count). The minimum atomic E-state index is -0.226. The van der Waals surface area contributed by atoms with Crippen LogP contribution in [0.3, 0.4) is 0 Å². The fraction of sp³-hybridized carbons (Fsp3) is 0.182. The Morgan fingerprint density at radius 2 is 1.64 bits per heavy atom. The van der Waals surface area contributed by atoms with Gasteiger partial charge in [0, 0.05) is 26.2 Å². The molecule has 1 aliphatic rings. The summed E-state index contributed by atoms with van der Waals surface area (Å²) < 4.78 is 0. The van der Waals surface area contributed by atoms with E-state index in [0.717, 1.165) is 22.4 Å². The Morgan fingerprint density at radius 1 is 0.964 bits per heavy atom. The van der Waals surface area contributed by atoms with Gasteiger partial charge in [0.2, 0.25) is 0 Å². The highest BCUT2D eigenvalue weighted by Crippen LogP contribution is 2.18. The first-order chi connectivity index (χ1) is 13.7. The van der Waals surface area contributed by atoms with E-state index in [-0.39, 0.29) is 11.5 Å². The molecule has 1 fully saturated rings. The van der Waals surface area contributed by atoms with Gasteiger partial charge in [-0.3, -0.25) is 9.78 Å². The van der Waals surface area contributed by atoms with Gasteiger partial charge in [-0.05, 0) is 23.8 Å². The van der Waals surface area contributed by atoms with Crippen LogP contribution in [0.4, 0.5) is 5.82 Å². The Kier molecular flexibility index (Phi) is 4.98. The molecule has 6 heteroatoms. The lowest BCUT2D eigenvalue weighted by Gasteiger charge is -2.35. The maximum Gasteiger partial charge on any atom is 0.264 e. The molecule has 2 aromatic carbocycles. The molecule has 0 radical (unpaired) electrons. The number of hydrogen-bond donors (Lipinski definition) is 0. The van der Waals surface area contributed by atoms with Gasteiger partial charge in [-0.15, -0.1) is 0 Å². The lowest BCUT2D eigenvalue weighted by molar-refractivity contribution is -0.126. The van der Waals surface area contributed by atoms with Gasteiger partial charge in [-0.1, -0.05) is 42.5 Å². The molecule has 0 unspecified atom stereocenters. The van der Waals surface area contributed by atoms with Crippen molar-refractivity contribution in [2.24, 2.45) is 0 Å². The van der Waals surface area contributed by atoms with E-state index in [0.29, 0.717) is 26.2 Å². The Labute approximate surface area is 163 Å². The number of piperazine rings is 1. The summed E-state index contributed by atoms with van der Waals surface area (Å²) in [5.74, 6) is 0.585. The summed E-state index contributed by atoms with van der Waals surface area (Å²) in [6.07, 6.45) is 3.42. The monoisotopic (exact) mass is 369 g/mol. The zero-order valence-corrected chi connectivity index (χ0v) is 15.3. The van der Waals surface area contributed by atoms with Gasteiger partial charge in [0.05, 0.1) is 17.2 Å². The largest absolute Gasteiger partial charge is 0.352 e. The van der Waals surface area contributed by atoms with Crippen LogP contribution in [0.1, 0.15) is 5.56 Å². The van der Waals surface area contributed by atoms with Gasteiger partial charge >= 0.3 is 0 Å². The van der Waals surface area contributed by atoms with Crippen LogP contribution in [0.15, 0.2) is 66.4 Å². The molecule has 0 saturated carbocycles. The zero-order valence-electron chi connectivity index (χ0n) is 15.3. The molecule has 1 aromatic heterocycles. The number of fused-ring (bicyclic) bond motifs is 1. The Bertz CT molecular complexity index is 1060. The maximum atomic E-state index is 12.7. The average molecular weight is 369 g/mol. The van der Waals surface area contributed by atoms with E-state index in [4.69, 9.17) is 0 Å². The minimum Gasteiger partial charge on any atom is -0.352 e. The van der Waals surface area contributed by atoms with Gasteiger partial charge in [-0.2, -0.15) is 5.26 Å². The van der Waals surface area contributed by atoms with Crippen molar-refractivity contribution in [3.8, 4) is 6.07 Å². The van der Waals surface area contributed by atoms with E-state index in [9.17, 15) is 10.1 Å². The number of anilines is 1. The lowest BCUT2D eigenvalue weighted by Crippen LogP contribution is -2.49. The first kappa shape index (κ1) is 17.7. The standard InChI is InChI=1S/C22H19N5O/c23-15-18(14-17-6-2-1-3-7-17)22(28)27-12-10-26(11-13-27)21-16-24-19-8-4-5-9-20(19)25-21/h1-9,14,16H,10-13H2/b18-14+. The fourth-order valence-electron chi connectivity index (χ4n) is 3.27. The second kappa shape index (κ2) is 7.89. The second-order valence-corrected chi connectivity index (χ2v) is 6.58. The summed E-state index contributed by atoms with van der Waals surface area (Å²) in [5, 5.41) is 9.42. The summed E-state index contributed by atoms with van der Waals surface area (Å²) in [6.45, 7) is 2.40. The number of para-hydroxylation sites is 2. The topological polar surface area (TPSA) is 73.1 Å². The summed E-state index contributed by atoms with van der Waals surface area (Å²) >= 11 is 0. The van der Waals surface area contributed by atoms with Gasteiger partial charge < -0.3 is 9.80 Å². The smallest absolute Gasteiger partial charge is 0.264 e. The first-order valence-corrected chi connectivity index (χ1v) is 9.17. The van der Waals surface area contributed by atoms with Crippen LogP contribution in [0.5, 0.6) is 0 Å². The number of rotatable bonds is 3. The predicted octanol–water partition coefficient (Wildman–Crippen LogP) is 2.89. The molecule has 6 nitrogen and oxygen atoms in total. The SMILES string of the molecule is N#C/C(=C\c1ccccc1)C(=O)N1CCN(c2cnc3ccccc3n2)CC1. The van der Waals surface area contributed by atoms with Crippen molar-refractivity contribution in [3.63, 3.8) is 0 Å². The summed E-state index contributed by atoms with van der Waals surface area (Å²) in [5.41, 5.74) is 2.73. The van der Waals surface area contributed by atoms with Crippen molar-refractivity contribution < 1.29 is 4.79 Å². The van der Waals surface area contributed by atoms with Gasteiger partial charge in [0.25, 0.3) is 5.91 Å². The highest BCUT2D eigenvalue weighted by atomic mass is 16.2. The Morgan fingerprint density at radius 3 is 2.36 bits per heavy atom. The molecule has 138 valence electrons. The molecule has 0 spiro atoms. The van der Waals surface area contributed by atoms with Crippen molar-refractivity contribution >= 4 is 28.8 Å². The second-order valence-electron chi connectivity index (χ2n) is 6.58. The molecule has 28 heavy (non-hydrogen) atoms. The molecule has 0 bridgehead atoms. The van der Waals surface area contributed by atoms with Gasteiger partial charge in [0.1, 0.15) is 17.5 Å². The van der Waals surface area contributed by atoms with E-state index >= 15 is 0 Å². The fourth-order valence-corrected chi connectivity index (χ4v) is 3.27. The van der Waals surface area contributed by atoms with Crippen molar-refractivity contribution in [1.29, 1.82) is 5.26 Å². The molecule has 1 saturated heterocycles. The summed E-state index contributed by atoms with van der Waals surface area (Å²) in [4.78, 5) is 25.7. The maximum absolute atomic E-state index is 12.7. The first-order valence-electron chi connectivity index (χ1n) is 9.17. The molecule has 1 amide bonds. The van der Waals surface area contributed by atoms with E-state index in [1.165, 1.54) is 0 Å². The lowest BCUT2D eigenvalue weighted by atomic mass is 10.1. The number of carbonyl (C=O) groups excluding carboxylic acids is 1. The number of hydrogen-bond acceptors (Lipinski definition) is 5. The van der Waals surface area contributed by atoms with Gasteiger partial charge in [0.15, 0.2) is 0 Å². The normalized spacial score (nSPS) is 14.8. The van der Waals surface area contributed by atoms with Crippen LogP contribution >= 0.6 is 0 Å². The summed E-state index contributed by atoms with van der Waals surface area (Å²) in [7, 11) is 0.